The van der Waals surface area contributed by atoms with Crippen molar-refractivity contribution in [3.63, 3.8) is 0 Å². The lowest BCUT2D eigenvalue weighted by Crippen LogP contribution is -2.48. The van der Waals surface area contributed by atoms with Crippen LogP contribution >= 0.6 is 11.3 Å². The number of carbonyl (C=O) groups is 5. The standard InChI is InChI=1S/C36H52N4O6S/c1-9-23(4)27(19-31(42)29-17-13-14-18-39(29)7)36(45)40(8)30(22(2)3)20-32(46-25(6)41)35-38-28(21-47-35)34(44)37-24(5)33(43)26-15-11-10-12-16-26/h10-12,15-16,21-24,27,29-30,32H,9,13-14,17-20H2,1-8H3,(H,37,44)/t23-,24+,27-,29+,30+,32+/m0/s1. The molecule has 47 heavy (non-hydrogen) atoms. The van der Waals surface area contributed by atoms with Crippen LogP contribution in [0.15, 0.2) is 35.7 Å². The largest absolute Gasteiger partial charge is 0.455 e. The Kier molecular flexibility index (Phi) is 14.3. The van der Waals surface area contributed by atoms with Crippen LogP contribution in [0.1, 0.15) is 112 Å². The number of carbonyl (C=O) groups excluding carboxylic acids is 5. The molecule has 10 nitrogen and oxygen atoms in total. The van der Waals surface area contributed by atoms with E-state index in [1.165, 1.54) is 18.3 Å². The maximum absolute atomic E-state index is 14.1. The predicted octanol–water partition coefficient (Wildman–Crippen LogP) is 5.73. The van der Waals surface area contributed by atoms with E-state index in [9.17, 15) is 24.0 Å². The molecule has 2 aromatic rings. The van der Waals surface area contributed by atoms with Crippen LogP contribution < -0.4 is 5.32 Å². The summed E-state index contributed by atoms with van der Waals surface area (Å²) in [5.74, 6) is -1.67. The maximum atomic E-state index is 14.1. The van der Waals surface area contributed by atoms with E-state index in [0.29, 0.717) is 10.6 Å². The monoisotopic (exact) mass is 668 g/mol. The molecular weight excluding hydrogens is 616 g/mol. The van der Waals surface area contributed by atoms with Crippen LogP contribution in [0.3, 0.4) is 0 Å². The first-order valence-electron chi connectivity index (χ1n) is 16.8. The van der Waals surface area contributed by atoms with E-state index in [0.717, 1.165) is 32.2 Å². The number of amides is 2. The summed E-state index contributed by atoms with van der Waals surface area (Å²) in [4.78, 5) is 74.0. The molecule has 2 heterocycles. The minimum Gasteiger partial charge on any atom is -0.455 e. The number of hydrogen-bond donors (Lipinski definition) is 1. The number of nitrogens with zero attached hydrogens (tertiary/aromatic N) is 3. The van der Waals surface area contributed by atoms with Gasteiger partial charge in [0.2, 0.25) is 5.91 Å². The van der Waals surface area contributed by atoms with Gasteiger partial charge in [-0.2, -0.15) is 0 Å². The van der Waals surface area contributed by atoms with Crippen LogP contribution in [0.4, 0.5) is 0 Å². The number of nitrogens with one attached hydrogen (secondary N) is 1. The van der Waals surface area contributed by atoms with Crippen molar-refractivity contribution in [2.45, 2.75) is 104 Å². The maximum Gasteiger partial charge on any atom is 0.303 e. The zero-order valence-corrected chi connectivity index (χ0v) is 30.0. The fourth-order valence-corrected chi connectivity index (χ4v) is 7.14. The first kappa shape index (κ1) is 38.0. The molecule has 0 saturated carbocycles. The van der Waals surface area contributed by atoms with Crippen molar-refractivity contribution in [2.24, 2.45) is 17.8 Å². The highest BCUT2D eigenvalue weighted by Crippen LogP contribution is 2.33. The first-order valence-corrected chi connectivity index (χ1v) is 17.6. The molecule has 0 aliphatic carbocycles. The molecule has 3 rings (SSSR count). The van der Waals surface area contributed by atoms with E-state index in [2.05, 4.69) is 15.2 Å². The number of likely N-dealkylation sites (tertiary alicyclic amines) is 1. The molecule has 1 aromatic carbocycles. The lowest BCUT2D eigenvalue weighted by atomic mass is 9.83. The molecule has 0 unspecified atom stereocenters. The number of esters is 1. The molecule has 0 bridgehead atoms. The molecule has 0 radical (unpaired) electrons. The van der Waals surface area contributed by atoms with Crippen molar-refractivity contribution in [3.8, 4) is 0 Å². The summed E-state index contributed by atoms with van der Waals surface area (Å²) in [5, 5.41) is 4.71. The summed E-state index contributed by atoms with van der Waals surface area (Å²) < 4.78 is 5.73. The van der Waals surface area contributed by atoms with E-state index in [-0.39, 0.29) is 59.9 Å². The molecule has 1 saturated heterocycles. The van der Waals surface area contributed by atoms with Gasteiger partial charge in [-0.15, -0.1) is 11.3 Å². The summed E-state index contributed by atoms with van der Waals surface area (Å²) in [6, 6.07) is 7.47. The number of rotatable bonds is 16. The third kappa shape index (κ3) is 10.3. The van der Waals surface area contributed by atoms with E-state index in [1.54, 1.807) is 48.5 Å². The average molecular weight is 669 g/mol. The Morgan fingerprint density at radius 3 is 2.36 bits per heavy atom. The van der Waals surface area contributed by atoms with Gasteiger partial charge in [0.25, 0.3) is 5.91 Å². The lowest BCUT2D eigenvalue weighted by Gasteiger charge is -2.37. The van der Waals surface area contributed by atoms with Crippen molar-refractivity contribution in [3.05, 3.63) is 52.0 Å². The Balaban J connectivity index is 1.78. The van der Waals surface area contributed by atoms with Gasteiger partial charge in [0.1, 0.15) is 10.7 Å². The number of aromatic nitrogens is 1. The Morgan fingerprint density at radius 1 is 1.09 bits per heavy atom. The highest BCUT2D eigenvalue weighted by Gasteiger charge is 2.37. The molecule has 1 aliphatic rings. The fraction of sp³-hybridized carbons (Fsp3) is 0.611. The molecule has 258 valence electrons. The van der Waals surface area contributed by atoms with Gasteiger partial charge in [0.15, 0.2) is 17.7 Å². The van der Waals surface area contributed by atoms with E-state index in [4.69, 9.17) is 4.74 Å². The minimum atomic E-state index is -0.801. The fourth-order valence-electron chi connectivity index (χ4n) is 6.30. The molecule has 11 heteroatoms. The van der Waals surface area contributed by atoms with Gasteiger partial charge < -0.3 is 15.0 Å². The molecule has 1 aromatic heterocycles. The van der Waals surface area contributed by atoms with Crippen LogP contribution in [0, 0.1) is 17.8 Å². The number of ketones is 2. The topological polar surface area (TPSA) is 126 Å². The number of piperidine rings is 1. The SMILES string of the molecule is CC[C@H](C)[C@H](CC(=O)[C@H]1CCCCN1C)C(=O)N(C)[C@H](C[C@@H](OC(C)=O)c1nc(C(=O)N[C@H](C)C(=O)c2ccccc2)cs1)C(C)C. The van der Waals surface area contributed by atoms with Crippen LogP contribution in [-0.2, 0) is 19.1 Å². The third-order valence-corrected chi connectivity index (χ3v) is 10.4. The Hall–Kier alpha value is -3.44. The zero-order valence-electron chi connectivity index (χ0n) is 29.2. The minimum absolute atomic E-state index is 0.00708. The van der Waals surface area contributed by atoms with Crippen LogP contribution in [-0.4, -0.2) is 82.9 Å². The molecule has 0 spiro atoms. The smallest absolute Gasteiger partial charge is 0.303 e. The van der Waals surface area contributed by atoms with E-state index in [1.807, 2.05) is 40.8 Å². The molecular formula is C36H52N4O6S. The molecule has 1 fully saturated rings. The van der Waals surface area contributed by atoms with Gasteiger partial charge in [0.05, 0.1) is 12.1 Å². The van der Waals surface area contributed by atoms with E-state index < -0.39 is 29.9 Å². The van der Waals surface area contributed by atoms with Gasteiger partial charge in [-0.1, -0.05) is 70.9 Å². The Labute approximate surface area is 283 Å². The second kappa shape index (κ2) is 17.6. The second-order valence-corrected chi connectivity index (χ2v) is 14.1. The quantitative estimate of drug-likeness (QED) is 0.178. The van der Waals surface area contributed by atoms with Gasteiger partial charge in [-0.3, -0.25) is 28.9 Å². The second-order valence-electron chi connectivity index (χ2n) is 13.2. The molecule has 1 aliphatic heterocycles. The van der Waals surface area contributed by atoms with Crippen LogP contribution in [0.25, 0.3) is 0 Å². The summed E-state index contributed by atoms with van der Waals surface area (Å²) >= 11 is 1.19. The number of Topliss-reactive ketones (excluding diaryl/α,β-unsaturated/α-hetero) is 2. The average Bonchev–Trinajstić information content (AvgIpc) is 3.55. The number of hydrogen-bond acceptors (Lipinski definition) is 9. The van der Waals surface area contributed by atoms with Crippen molar-refractivity contribution in [2.75, 3.05) is 20.6 Å². The summed E-state index contributed by atoms with van der Waals surface area (Å²) in [5.41, 5.74) is 0.609. The van der Waals surface area contributed by atoms with Gasteiger partial charge in [-0.05, 0) is 45.2 Å². The summed E-state index contributed by atoms with van der Waals surface area (Å²) in [6.07, 6.45) is 3.34. The van der Waals surface area contributed by atoms with Gasteiger partial charge in [0, 0.05) is 49.7 Å². The van der Waals surface area contributed by atoms with Crippen LogP contribution in [0.5, 0.6) is 0 Å². The number of ether oxygens (including phenoxy) is 1. The normalized spacial score (nSPS) is 18.4. The predicted molar refractivity (Wildman–Crippen MR) is 183 cm³/mol. The van der Waals surface area contributed by atoms with E-state index >= 15 is 0 Å². The van der Waals surface area contributed by atoms with Crippen molar-refractivity contribution in [1.29, 1.82) is 0 Å². The number of thiazole rings is 1. The Bertz CT molecular complexity index is 1380. The number of likely N-dealkylation sites (N-methyl/N-ethyl adjacent to an activating group) is 1. The highest BCUT2D eigenvalue weighted by atomic mass is 32.1. The van der Waals surface area contributed by atoms with Crippen molar-refractivity contribution in [1.82, 2.24) is 20.1 Å². The summed E-state index contributed by atoms with van der Waals surface area (Å²) in [7, 11) is 3.74. The molecule has 6 atom stereocenters. The number of benzene rings is 1. The summed E-state index contributed by atoms with van der Waals surface area (Å²) in [6.45, 7) is 11.9. The molecule has 2 amide bonds. The molecule has 1 N–H and O–H groups in total. The van der Waals surface area contributed by atoms with Crippen LogP contribution in [0.2, 0.25) is 0 Å². The lowest BCUT2D eigenvalue weighted by molar-refractivity contribution is -0.149. The third-order valence-electron chi connectivity index (χ3n) is 9.42. The van der Waals surface area contributed by atoms with Gasteiger partial charge >= 0.3 is 5.97 Å². The first-order chi connectivity index (χ1) is 22.2. The highest BCUT2D eigenvalue weighted by molar-refractivity contribution is 7.09. The zero-order chi connectivity index (χ0) is 34.8. The van der Waals surface area contributed by atoms with Crippen molar-refractivity contribution >= 4 is 40.7 Å². The van der Waals surface area contributed by atoms with Gasteiger partial charge in [-0.25, -0.2) is 4.98 Å². The van der Waals surface area contributed by atoms with Crippen molar-refractivity contribution < 1.29 is 28.7 Å². The Morgan fingerprint density at radius 2 is 1.77 bits per heavy atom.